The van der Waals surface area contributed by atoms with Gasteiger partial charge in [0.15, 0.2) is 0 Å². The average Bonchev–Trinajstić information content (AvgIpc) is 2.62. The molecule has 116 valence electrons. The number of benzene rings is 3. The molecule has 0 heterocycles. The monoisotopic (exact) mass is 331 g/mol. The summed E-state index contributed by atoms with van der Waals surface area (Å²) in [4.78, 5) is 12.3. The molecule has 0 aliphatic carbocycles. The van der Waals surface area contributed by atoms with Crippen molar-refractivity contribution in [3.63, 3.8) is 0 Å². The lowest BCUT2D eigenvalue weighted by molar-refractivity contribution is 0.102. The molecule has 0 radical (unpaired) electrons. The Morgan fingerprint density at radius 2 is 1.46 bits per heavy atom. The van der Waals surface area contributed by atoms with Crippen LogP contribution in [-0.2, 0) is 0 Å². The van der Waals surface area contributed by atoms with E-state index in [0.717, 1.165) is 11.1 Å². The SMILES string of the molecule is O=C(Nc1ccccc1C#Cc1ccccc1)c1ccc(Cl)cc1. The molecule has 0 unspecified atom stereocenters. The number of carbonyl (C=O) groups is 1. The average molecular weight is 332 g/mol. The number of amides is 1. The largest absolute Gasteiger partial charge is 0.321 e. The lowest BCUT2D eigenvalue weighted by Gasteiger charge is -2.07. The quantitative estimate of drug-likeness (QED) is 0.658. The minimum Gasteiger partial charge on any atom is -0.321 e. The minimum atomic E-state index is -0.194. The maximum atomic E-state index is 12.3. The highest BCUT2D eigenvalue weighted by atomic mass is 35.5. The van der Waals surface area contributed by atoms with Crippen molar-refractivity contribution in [2.75, 3.05) is 5.32 Å². The van der Waals surface area contributed by atoms with Crippen LogP contribution in [-0.4, -0.2) is 5.91 Å². The van der Waals surface area contributed by atoms with Crippen LogP contribution < -0.4 is 5.32 Å². The Balaban J connectivity index is 1.83. The molecular weight excluding hydrogens is 318 g/mol. The number of rotatable bonds is 2. The highest BCUT2D eigenvalue weighted by Crippen LogP contribution is 2.16. The molecule has 0 atom stereocenters. The first-order valence-corrected chi connectivity index (χ1v) is 7.83. The minimum absolute atomic E-state index is 0.194. The molecular formula is C21H14ClNO. The van der Waals surface area contributed by atoms with Crippen LogP contribution in [0.4, 0.5) is 5.69 Å². The van der Waals surface area contributed by atoms with Gasteiger partial charge in [0.25, 0.3) is 5.91 Å². The first kappa shape index (κ1) is 15.9. The van der Waals surface area contributed by atoms with Crippen molar-refractivity contribution in [3.05, 3.63) is 101 Å². The zero-order valence-electron chi connectivity index (χ0n) is 12.8. The van der Waals surface area contributed by atoms with Gasteiger partial charge in [-0.25, -0.2) is 0 Å². The third-order valence-corrected chi connectivity index (χ3v) is 3.65. The van der Waals surface area contributed by atoms with Crippen LogP contribution in [0.25, 0.3) is 0 Å². The van der Waals surface area contributed by atoms with Crippen LogP contribution in [0.15, 0.2) is 78.9 Å². The predicted molar refractivity (Wildman–Crippen MR) is 98.3 cm³/mol. The van der Waals surface area contributed by atoms with Crippen molar-refractivity contribution in [1.29, 1.82) is 0 Å². The van der Waals surface area contributed by atoms with E-state index in [1.165, 1.54) is 0 Å². The summed E-state index contributed by atoms with van der Waals surface area (Å²) in [6.07, 6.45) is 0. The van der Waals surface area contributed by atoms with E-state index in [4.69, 9.17) is 11.6 Å². The molecule has 3 heteroatoms. The number of anilines is 1. The van der Waals surface area contributed by atoms with Gasteiger partial charge < -0.3 is 5.32 Å². The highest BCUT2D eigenvalue weighted by molar-refractivity contribution is 6.30. The van der Waals surface area contributed by atoms with Crippen molar-refractivity contribution in [1.82, 2.24) is 0 Å². The fourth-order valence-corrected chi connectivity index (χ4v) is 2.28. The van der Waals surface area contributed by atoms with E-state index in [1.54, 1.807) is 24.3 Å². The Morgan fingerprint density at radius 3 is 2.21 bits per heavy atom. The van der Waals surface area contributed by atoms with Crippen LogP contribution in [0, 0.1) is 11.8 Å². The first-order valence-electron chi connectivity index (χ1n) is 7.45. The van der Waals surface area contributed by atoms with Crippen molar-refractivity contribution < 1.29 is 4.79 Å². The normalized spacial score (nSPS) is 9.71. The summed E-state index contributed by atoms with van der Waals surface area (Å²) < 4.78 is 0. The van der Waals surface area contributed by atoms with Gasteiger partial charge in [-0.1, -0.05) is 53.8 Å². The Bertz CT molecular complexity index is 906. The second-order valence-corrected chi connectivity index (χ2v) is 5.56. The van der Waals surface area contributed by atoms with E-state index in [9.17, 15) is 4.79 Å². The Hall–Kier alpha value is -3.02. The third-order valence-electron chi connectivity index (χ3n) is 3.40. The topological polar surface area (TPSA) is 29.1 Å². The maximum Gasteiger partial charge on any atom is 0.255 e. The molecule has 0 spiro atoms. The fraction of sp³-hybridized carbons (Fsp3) is 0. The summed E-state index contributed by atoms with van der Waals surface area (Å²) in [6, 6.07) is 24.0. The molecule has 1 N–H and O–H groups in total. The Labute approximate surface area is 146 Å². The van der Waals surface area contributed by atoms with Gasteiger partial charge in [-0.05, 0) is 48.5 Å². The Morgan fingerprint density at radius 1 is 0.792 bits per heavy atom. The van der Waals surface area contributed by atoms with Crippen molar-refractivity contribution in [2.24, 2.45) is 0 Å². The van der Waals surface area contributed by atoms with Crippen LogP contribution in [0.2, 0.25) is 5.02 Å². The zero-order chi connectivity index (χ0) is 16.8. The summed E-state index contributed by atoms with van der Waals surface area (Å²) in [5, 5.41) is 3.50. The van der Waals surface area contributed by atoms with Gasteiger partial charge in [0, 0.05) is 21.7 Å². The third kappa shape index (κ3) is 4.04. The molecule has 0 fully saturated rings. The molecule has 0 aromatic heterocycles. The van der Waals surface area contributed by atoms with Crippen LogP contribution >= 0.6 is 11.6 Å². The molecule has 0 saturated carbocycles. The predicted octanol–water partition coefficient (Wildman–Crippen LogP) is 4.99. The summed E-state index contributed by atoms with van der Waals surface area (Å²) in [5.74, 6) is 6.02. The fourth-order valence-electron chi connectivity index (χ4n) is 2.16. The number of nitrogens with one attached hydrogen (secondary N) is 1. The van der Waals surface area contributed by atoms with Gasteiger partial charge in [-0.3, -0.25) is 4.79 Å². The number of hydrogen-bond donors (Lipinski definition) is 1. The molecule has 3 rings (SSSR count). The maximum absolute atomic E-state index is 12.3. The van der Waals surface area contributed by atoms with Crippen molar-refractivity contribution in [3.8, 4) is 11.8 Å². The molecule has 0 saturated heterocycles. The smallest absolute Gasteiger partial charge is 0.255 e. The Kier molecular flexibility index (Phi) is 4.96. The molecule has 24 heavy (non-hydrogen) atoms. The number of carbonyl (C=O) groups excluding carboxylic acids is 1. The molecule has 0 aliphatic heterocycles. The molecule has 3 aromatic carbocycles. The van der Waals surface area contributed by atoms with E-state index in [-0.39, 0.29) is 5.91 Å². The highest BCUT2D eigenvalue weighted by Gasteiger charge is 2.07. The van der Waals surface area contributed by atoms with Gasteiger partial charge in [0.05, 0.1) is 5.69 Å². The lowest BCUT2D eigenvalue weighted by Crippen LogP contribution is -2.12. The van der Waals surface area contributed by atoms with Crippen LogP contribution in [0.5, 0.6) is 0 Å². The molecule has 3 aromatic rings. The van der Waals surface area contributed by atoms with Crippen molar-refractivity contribution in [2.45, 2.75) is 0 Å². The summed E-state index contributed by atoms with van der Waals surface area (Å²) in [7, 11) is 0. The first-order chi connectivity index (χ1) is 11.7. The van der Waals surface area contributed by atoms with Gasteiger partial charge in [0.2, 0.25) is 0 Å². The van der Waals surface area contributed by atoms with E-state index in [0.29, 0.717) is 16.3 Å². The lowest BCUT2D eigenvalue weighted by atomic mass is 10.1. The molecule has 2 nitrogen and oxygen atoms in total. The van der Waals surface area contributed by atoms with E-state index in [2.05, 4.69) is 17.2 Å². The van der Waals surface area contributed by atoms with Gasteiger partial charge in [0.1, 0.15) is 0 Å². The zero-order valence-corrected chi connectivity index (χ0v) is 13.5. The van der Waals surface area contributed by atoms with Crippen LogP contribution in [0.1, 0.15) is 21.5 Å². The summed E-state index contributed by atoms with van der Waals surface area (Å²) >= 11 is 5.85. The number of halogens is 1. The summed E-state index contributed by atoms with van der Waals surface area (Å²) in [5.41, 5.74) is 2.92. The standard InChI is InChI=1S/C21H14ClNO/c22-19-14-12-18(13-15-19)21(24)23-20-9-5-4-8-17(20)11-10-16-6-2-1-3-7-16/h1-9,12-15H,(H,23,24). The van der Waals surface area contributed by atoms with E-state index < -0.39 is 0 Å². The summed E-state index contributed by atoms with van der Waals surface area (Å²) in [6.45, 7) is 0. The number of para-hydroxylation sites is 1. The second kappa shape index (κ2) is 7.50. The number of hydrogen-bond acceptors (Lipinski definition) is 1. The molecule has 0 bridgehead atoms. The van der Waals surface area contributed by atoms with E-state index >= 15 is 0 Å². The van der Waals surface area contributed by atoms with Crippen LogP contribution in [0.3, 0.4) is 0 Å². The van der Waals surface area contributed by atoms with Gasteiger partial charge in [-0.15, -0.1) is 0 Å². The second-order valence-electron chi connectivity index (χ2n) is 5.12. The van der Waals surface area contributed by atoms with Crippen molar-refractivity contribution >= 4 is 23.2 Å². The van der Waals surface area contributed by atoms with Gasteiger partial charge >= 0.3 is 0 Å². The molecule has 1 amide bonds. The molecule has 0 aliphatic rings. The van der Waals surface area contributed by atoms with E-state index in [1.807, 2.05) is 54.6 Å². The van der Waals surface area contributed by atoms with Gasteiger partial charge in [-0.2, -0.15) is 0 Å².